The molecule has 1 rings (SSSR count). The third-order valence-electron chi connectivity index (χ3n) is 2.13. The summed E-state index contributed by atoms with van der Waals surface area (Å²) in [5.41, 5.74) is 1.10. The molecule has 1 aromatic rings. The number of nitrogens with zero attached hydrogens (tertiary/aromatic N) is 2. The Bertz CT molecular complexity index is 337. The van der Waals surface area contributed by atoms with Crippen molar-refractivity contribution in [1.82, 2.24) is 4.98 Å². The van der Waals surface area contributed by atoms with E-state index in [1.165, 1.54) is 0 Å². The van der Waals surface area contributed by atoms with Crippen LogP contribution in [-0.2, 0) is 11.2 Å². The Labute approximate surface area is 89.6 Å². The summed E-state index contributed by atoms with van der Waals surface area (Å²) in [6.07, 6.45) is 3.37. The molecule has 0 saturated heterocycles. The van der Waals surface area contributed by atoms with Gasteiger partial charge in [-0.2, -0.15) is 0 Å². The van der Waals surface area contributed by atoms with Crippen LogP contribution in [0.2, 0.25) is 0 Å². The van der Waals surface area contributed by atoms with Crippen molar-refractivity contribution in [2.45, 2.75) is 19.3 Å². The molecule has 4 nitrogen and oxygen atoms in total. The molecule has 0 aliphatic carbocycles. The van der Waals surface area contributed by atoms with Crippen LogP contribution in [0.4, 0.5) is 5.82 Å². The Kier molecular flexibility index (Phi) is 4.09. The van der Waals surface area contributed by atoms with Crippen LogP contribution in [0.5, 0.6) is 0 Å². The highest BCUT2D eigenvalue weighted by Gasteiger charge is 2.05. The van der Waals surface area contributed by atoms with E-state index in [0.717, 1.165) is 17.8 Å². The first kappa shape index (κ1) is 11.5. The standard InChI is InChI=1S/C11H16N2O2/c1-13(2)11-9(6-4-8-12-11)5-3-7-10(14)15/h4,6,8H,3,5,7H2,1-2H3,(H,14,15). The first-order valence-electron chi connectivity index (χ1n) is 4.94. The number of carboxylic acid groups (broad SMARTS) is 1. The van der Waals surface area contributed by atoms with Crippen molar-refractivity contribution in [1.29, 1.82) is 0 Å². The Hall–Kier alpha value is -1.58. The summed E-state index contributed by atoms with van der Waals surface area (Å²) in [4.78, 5) is 16.6. The van der Waals surface area contributed by atoms with E-state index in [9.17, 15) is 4.79 Å². The van der Waals surface area contributed by atoms with Crippen LogP contribution in [0.3, 0.4) is 0 Å². The van der Waals surface area contributed by atoms with Crippen LogP contribution < -0.4 is 4.90 Å². The first-order chi connectivity index (χ1) is 7.11. The van der Waals surface area contributed by atoms with E-state index in [2.05, 4.69) is 4.98 Å². The highest BCUT2D eigenvalue weighted by atomic mass is 16.4. The van der Waals surface area contributed by atoms with E-state index in [0.29, 0.717) is 6.42 Å². The number of hydrogen-bond donors (Lipinski definition) is 1. The maximum absolute atomic E-state index is 10.4. The van der Waals surface area contributed by atoms with E-state index in [1.807, 2.05) is 31.1 Å². The smallest absolute Gasteiger partial charge is 0.303 e. The molecule has 1 N–H and O–H groups in total. The lowest BCUT2D eigenvalue weighted by molar-refractivity contribution is -0.137. The number of aliphatic carboxylic acids is 1. The zero-order valence-corrected chi connectivity index (χ0v) is 9.10. The summed E-state index contributed by atoms with van der Waals surface area (Å²) in [5, 5.41) is 8.54. The molecule has 0 atom stereocenters. The van der Waals surface area contributed by atoms with Crippen LogP contribution in [-0.4, -0.2) is 30.2 Å². The SMILES string of the molecule is CN(C)c1ncccc1CCCC(=O)O. The molecular formula is C11H16N2O2. The lowest BCUT2D eigenvalue weighted by Crippen LogP contribution is -2.13. The fourth-order valence-electron chi connectivity index (χ4n) is 1.46. The number of rotatable bonds is 5. The summed E-state index contributed by atoms with van der Waals surface area (Å²) in [6, 6.07) is 3.87. The van der Waals surface area contributed by atoms with Gasteiger partial charge in [0.1, 0.15) is 5.82 Å². The maximum Gasteiger partial charge on any atom is 0.303 e. The van der Waals surface area contributed by atoms with E-state index in [4.69, 9.17) is 5.11 Å². The summed E-state index contributed by atoms with van der Waals surface area (Å²) in [5.74, 6) is 0.174. The molecular weight excluding hydrogens is 192 g/mol. The monoisotopic (exact) mass is 208 g/mol. The lowest BCUT2D eigenvalue weighted by Gasteiger charge is -2.15. The molecule has 0 unspecified atom stereocenters. The molecule has 0 aromatic carbocycles. The van der Waals surface area contributed by atoms with E-state index in [-0.39, 0.29) is 6.42 Å². The molecule has 0 aliphatic rings. The van der Waals surface area contributed by atoms with Gasteiger partial charge in [0.25, 0.3) is 0 Å². The molecule has 82 valence electrons. The van der Waals surface area contributed by atoms with Gasteiger partial charge in [0.2, 0.25) is 0 Å². The molecule has 0 amide bonds. The second-order valence-corrected chi connectivity index (χ2v) is 3.63. The number of aromatic nitrogens is 1. The number of aryl methyl sites for hydroxylation is 1. The molecule has 1 aromatic heterocycles. The van der Waals surface area contributed by atoms with E-state index >= 15 is 0 Å². The molecule has 0 saturated carbocycles. The van der Waals surface area contributed by atoms with E-state index in [1.54, 1.807) is 6.20 Å². The number of carboxylic acids is 1. The number of carbonyl (C=O) groups is 1. The average Bonchev–Trinajstić information content (AvgIpc) is 2.17. The van der Waals surface area contributed by atoms with Crippen molar-refractivity contribution in [2.24, 2.45) is 0 Å². The summed E-state index contributed by atoms with van der Waals surface area (Å²) < 4.78 is 0. The predicted octanol–water partition coefficient (Wildman–Crippen LogP) is 1.55. The van der Waals surface area contributed by atoms with Gasteiger partial charge >= 0.3 is 5.97 Å². The van der Waals surface area contributed by atoms with Gasteiger partial charge in [0, 0.05) is 26.7 Å². The van der Waals surface area contributed by atoms with Crippen LogP contribution >= 0.6 is 0 Å². The normalized spacial score (nSPS) is 10.0. The summed E-state index contributed by atoms with van der Waals surface area (Å²) in [7, 11) is 3.87. The topological polar surface area (TPSA) is 53.4 Å². The number of anilines is 1. The Morgan fingerprint density at radius 3 is 2.87 bits per heavy atom. The van der Waals surface area contributed by atoms with Gasteiger partial charge in [-0.1, -0.05) is 6.07 Å². The largest absolute Gasteiger partial charge is 0.481 e. The van der Waals surface area contributed by atoms with Gasteiger partial charge in [-0.05, 0) is 24.5 Å². The predicted molar refractivity (Wildman–Crippen MR) is 59.1 cm³/mol. The van der Waals surface area contributed by atoms with Crippen LogP contribution in [0.15, 0.2) is 18.3 Å². The third kappa shape index (κ3) is 3.58. The van der Waals surface area contributed by atoms with Gasteiger partial charge in [-0.15, -0.1) is 0 Å². The molecule has 15 heavy (non-hydrogen) atoms. The Morgan fingerprint density at radius 2 is 2.27 bits per heavy atom. The second kappa shape index (κ2) is 5.34. The molecule has 0 spiro atoms. The van der Waals surface area contributed by atoms with Crippen molar-refractivity contribution >= 4 is 11.8 Å². The molecule has 0 aliphatic heterocycles. The summed E-state index contributed by atoms with van der Waals surface area (Å²) in [6.45, 7) is 0. The van der Waals surface area contributed by atoms with Gasteiger partial charge in [0.15, 0.2) is 0 Å². The fourth-order valence-corrected chi connectivity index (χ4v) is 1.46. The van der Waals surface area contributed by atoms with E-state index < -0.39 is 5.97 Å². The first-order valence-corrected chi connectivity index (χ1v) is 4.94. The number of pyridine rings is 1. The number of hydrogen-bond acceptors (Lipinski definition) is 3. The molecule has 0 bridgehead atoms. The van der Waals surface area contributed by atoms with Gasteiger partial charge < -0.3 is 10.0 Å². The van der Waals surface area contributed by atoms with Crippen molar-refractivity contribution < 1.29 is 9.90 Å². The van der Waals surface area contributed by atoms with Crippen LogP contribution in [0, 0.1) is 0 Å². The highest BCUT2D eigenvalue weighted by molar-refractivity contribution is 5.66. The molecule has 4 heteroatoms. The van der Waals surface area contributed by atoms with Crippen LogP contribution in [0.25, 0.3) is 0 Å². The van der Waals surface area contributed by atoms with Crippen molar-refractivity contribution in [3.63, 3.8) is 0 Å². The minimum Gasteiger partial charge on any atom is -0.481 e. The average molecular weight is 208 g/mol. The maximum atomic E-state index is 10.4. The van der Waals surface area contributed by atoms with Gasteiger partial charge in [-0.25, -0.2) is 4.98 Å². The van der Waals surface area contributed by atoms with Gasteiger partial charge in [0.05, 0.1) is 0 Å². The highest BCUT2D eigenvalue weighted by Crippen LogP contribution is 2.16. The summed E-state index contributed by atoms with van der Waals surface area (Å²) >= 11 is 0. The lowest BCUT2D eigenvalue weighted by atomic mass is 10.1. The second-order valence-electron chi connectivity index (χ2n) is 3.63. The fraction of sp³-hybridized carbons (Fsp3) is 0.455. The molecule has 1 heterocycles. The minimum atomic E-state index is -0.745. The Morgan fingerprint density at radius 1 is 1.53 bits per heavy atom. The van der Waals surface area contributed by atoms with Crippen molar-refractivity contribution in [3.05, 3.63) is 23.9 Å². The molecule has 0 radical (unpaired) electrons. The van der Waals surface area contributed by atoms with Crippen molar-refractivity contribution in [3.8, 4) is 0 Å². The Balaban J connectivity index is 2.63. The van der Waals surface area contributed by atoms with Crippen LogP contribution in [0.1, 0.15) is 18.4 Å². The zero-order chi connectivity index (χ0) is 11.3. The van der Waals surface area contributed by atoms with Gasteiger partial charge in [-0.3, -0.25) is 4.79 Å². The minimum absolute atomic E-state index is 0.210. The zero-order valence-electron chi connectivity index (χ0n) is 9.10. The quantitative estimate of drug-likeness (QED) is 0.797. The molecule has 0 fully saturated rings. The third-order valence-corrected chi connectivity index (χ3v) is 2.13. The van der Waals surface area contributed by atoms with Crippen molar-refractivity contribution in [2.75, 3.05) is 19.0 Å².